The first-order valence-electron chi connectivity index (χ1n) is 11.7. The van der Waals surface area contributed by atoms with E-state index in [0.717, 1.165) is 47.8 Å². The lowest BCUT2D eigenvalue weighted by Gasteiger charge is -2.05. The standard InChI is InChI=1S/C33H27F/c1-3-5-7-29-19-23-32-31(24-29)22-21-30(33(32)34)20-18-28-16-14-27(15-17-28)13-12-26-10-8-25(6-4-2)9-11-26/h3,8-11,14-17,19,21-24H,1,4-7H2,2H3. The molecule has 0 nitrogen and oxygen atoms in total. The van der Waals surface area contributed by atoms with Crippen LogP contribution < -0.4 is 0 Å². The summed E-state index contributed by atoms with van der Waals surface area (Å²) in [6, 6.07) is 25.7. The Bertz CT molecular complexity index is 1420. The minimum Gasteiger partial charge on any atom is -0.205 e. The summed E-state index contributed by atoms with van der Waals surface area (Å²) in [5.41, 5.74) is 5.68. The summed E-state index contributed by atoms with van der Waals surface area (Å²) in [4.78, 5) is 0. The summed E-state index contributed by atoms with van der Waals surface area (Å²) in [7, 11) is 0. The molecule has 0 aliphatic carbocycles. The van der Waals surface area contributed by atoms with Crippen molar-refractivity contribution in [2.24, 2.45) is 0 Å². The second-order valence-electron chi connectivity index (χ2n) is 8.33. The largest absolute Gasteiger partial charge is 0.205 e. The van der Waals surface area contributed by atoms with Crippen molar-refractivity contribution in [3.63, 3.8) is 0 Å². The van der Waals surface area contributed by atoms with Gasteiger partial charge < -0.3 is 0 Å². The van der Waals surface area contributed by atoms with Crippen LogP contribution >= 0.6 is 0 Å². The summed E-state index contributed by atoms with van der Waals surface area (Å²) in [5.74, 6) is 12.2. The minimum atomic E-state index is -0.271. The van der Waals surface area contributed by atoms with E-state index in [9.17, 15) is 0 Å². The molecule has 4 aromatic carbocycles. The highest BCUT2D eigenvalue weighted by atomic mass is 19.1. The van der Waals surface area contributed by atoms with Crippen LogP contribution in [0.3, 0.4) is 0 Å². The van der Waals surface area contributed by atoms with E-state index in [1.54, 1.807) is 6.07 Å². The second kappa shape index (κ2) is 11.2. The molecule has 0 saturated carbocycles. The van der Waals surface area contributed by atoms with Crippen LogP contribution in [-0.2, 0) is 12.8 Å². The van der Waals surface area contributed by atoms with Crippen LogP contribution in [0.4, 0.5) is 4.39 Å². The quantitative estimate of drug-likeness (QED) is 0.218. The van der Waals surface area contributed by atoms with E-state index in [2.05, 4.69) is 61.4 Å². The van der Waals surface area contributed by atoms with Gasteiger partial charge in [-0.1, -0.05) is 79.5 Å². The Balaban J connectivity index is 1.48. The van der Waals surface area contributed by atoms with E-state index in [1.165, 1.54) is 11.1 Å². The Hall–Kier alpha value is -4.07. The first kappa shape index (κ1) is 23.1. The normalized spacial score (nSPS) is 10.2. The SMILES string of the molecule is C=CCCc1ccc2c(F)c(C#Cc3ccc(C#Cc4ccc(CCC)cc4)cc3)ccc2c1. The molecule has 0 saturated heterocycles. The van der Waals surface area contributed by atoms with Gasteiger partial charge in [-0.05, 0) is 78.2 Å². The van der Waals surface area contributed by atoms with Gasteiger partial charge in [-0.25, -0.2) is 4.39 Å². The molecule has 34 heavy (non-hydrogen) atoms. The maximum atomic E-state index is 15.0. The Kier molecular flexibility index (Phi) is 7.60. The summed E-state index contributed by atoms with van der Waals surface area (Å²) in [6.45, 7) is 5.94. The van der Waals surface area contributed by atoms with Crippen molar-refractivity contribution in [3.8, 4) is 23.7 Å². The molecule has 4 rings (SSSR count). The molecule has 0 heterocycles. The zero-order chi connectivity index (χ0) is 23.8. The molecule has 0 aliphatic heterocycles. The van der Waals surface area contributed by atoms with Gasteiger partial charge in [0.15, 0.2) is 0 Å². The first-order chi connectivity index (χ1) is 16.7. The molecule has 0 N–H and O–H groups in total. The Morgan fingerprint density at radius 1 is 0.706 bits per heavy atom. The maximum absolute atomic E-state index is 15.0. The van der Waals surface area contributed by atoms with E-state index < -0.39 is 0 Å². The molecule has 0 atom stereocenters. The van der Waals surface area contributed by atoms with Crippen molar-refractivity contribution in [3.05, 3.63) is 131 Å². The monoisotopic (exact) mass is 442 g/mol. The predicted octanol–water partition coefficient (Wildman–Crippen LogP) is 7.85. The summed E-state index contributed by atoms with van der Waals surface area (Å²) >= 11 is 0. The van der Waals surface area contributed by atoms with E-state index in [-0.39, 0.29) is 5.82 Å². The molecule has 0 aliphatic rings. The third-order valence-corrected chi connectivity index (χ3v) is 5.73. The fourth-order valence-corrected chi connectivity index (χ4v) is 3.83. The number of fused-ring (bicyclic) bond motifs is 1. The second-order valence-corrected chi connectivity index (χ2v) is 8.33. The van der Waals surface area contributed by atoms with Gasteiger partial charge in [-0.3, -0.25) is 0 Å². The van der Waals surface area contributed by atoms with E-state index in [1.807, 2.05) is 54.6 Å². The summed E-state index contributed by atoms with van der Waals surface area (Å²) in [5, 5.41) is 1.50. The highest BCUT2D eigenvalue weighted by Gasteiger charge is 2.06. The van der Waals surface area contributed by atoms with E-state index in [0.29, 0.717) is 10.9 Å². The molecule has 166 valence electrons. The van der Waals surface area contributed by atoms with Gasteiger partial charge >= 0.3 is 0 Å². The highest BCUT2D eigenvalue weighted by Crippen LogP contribution is 2.23. The molecule has 1 heteroatoms. The average Bonchev–Trinajstić information content (AvgIpc) is 2.87. The molecule has 0 fully saturated rings. The molecule has 0 radical (unpaired) electrons. The van der Waals surface area contributed by atoms with Gasteiger partial charge in [-0.15, -0.1) is 6.58 Å². The third-order valence-electron chi connectivity index (χ3n) is 5.73. The predicted molar refractivity (Wildman–Crippen MR) is 141 cm³/mol. The van der Waals surface area contributed by atoms with Crippen LogP contribution in [0, 0.1) is 29.5 Å². The lowest BCUT2D eigenvalue weighted by atomic mass is 10.0. The smallest absolute Gasteiger partial charge is 0.146 e. The molecule has 0 bridgehead atoms. The van der Waals surface area contributed by atoms with Crippen molar-refractivity contribution in [1.82, 2.24) is 0 Å². The zero-order valence-electron chi connectivity index (χ0n) is 19.5. The number of rotatable bonds is 5. The number of allylic oxidation sites excluding steroid dienone is 1. The van der Waals surface area contributed by atoms with Crippen LogP contribution in [-0.4, -0.2) is 0 Å². The van der Waals surface area contributed by atoms with Crippen LogP contribution in [0.2, 0.25) is 0 Å². The lowest BCUT2D eigenvalue weighted by Crippen LogP contribution is -1.89. The van der Waals surface area contributed by atoms with Gasteiger partial charge in [0.25, 0.3) is 0 Å². The topological polar surface area (TPSA) is 0 Å². The van der Waals surface area contributed by atoms with Gasteiger partial charge in [0.1, 0.15) is 5.82 Å². The van der Waals surface area contributed by atoms with Gasteiger partial charge in [0.2, 0.25) is 0 Å². The number of hydrogen-bond acceptors (Lipinski definition) is 0. The van der Waals surface area contributed by atoms with Crippen LogP contribution in [0.25, 0.3) is 10.8 Å². The summed E-state index contributed by atoms with van der Waals surface area (Å²) in [6.07, 6.45) is 5.96. The maximum Gasteiger partial charge on any atom is 0.146 e. The molecular formula is C33H27F. The number of halogens is 1. The molecular weight excluding hydrogens is 415 g/mol. The van der Waals surface area contributed by atoms with Crippen molar-refractivity contribution in [2.75, 3.05) is 0 Å². The lowest BCUT2D eigenvalue weighted by molar-refractivity contribution is 0.636. The fourth-order valence-electron chi connectivity index (χ4n) is 3.83. The third kappa shape index (κ3) is 5.83. The van der Waals surface area contributed by atoms with Crippen molar-refractivity contribution in [2.45, 2.75) is 32.6 Å². The van der Waals surface area contributed by atoms with Crippen LogP contribution in [0.1, 0.15) is 53.1 Å². The van der Waals surface area contributed by atoms with E-state index in [4.69, 9.17) is 0 Å². The number of hydrogen-bond donors (Lipinski definition) is 0. The fraction of sp³-hybridized carbons (Fsp3) is 0.152. The van der Waals surface area contributed by atoms with E-state index >= 15 is 4.39 Å². The number of benzene rings is 4. The van der Waals surface area contributed by atoms with Gasteiger partial charge in [0, 0.05) is 22.1 Å². The van der Waals surface area contributed by atoms with Gasteiger partial charge in [0.05, 0.1) is 5.56 Å². The Labute approximate surface area is 202 Å². The Morgan fingerprint density at radius 2 is 1.29 bits per heavy atom. The average molecular weight is 443 g/mol. The van der Waals surface area contributed by atoms with Crippen molar-refractivity contribution in [1.29, 1.82) is 0 Å². The Morgan fingerprint density at radius 3 is 1.91 bits per heavy atom. The number of aryl methyl sites for hydroxylation is 2. The van der Waals surface area contributed by atoms with Gasteiger partial charge in [-0.2, -0.15) is 0 Å². The molecule has 0 spiro atoms. The highest BCUT2D eigenvalue weighted by molar-refractivity contribution is 5.85. The first-order valence-corrected chi connectivity index (χ1v) is 11.7. The molecule has 0 amide bonds. The van der Waals surface area contributed by atoms with Crippen molar-refractivity contribution >= 4 is 10.8 Å². The van der Waals surface area contributed by atoms with Crippen LogP contribution in [0.5, 0.6) is 0 Å². The molecule has 0 unspecified atom stereocenters. The summed E-state index contributed by atoms with van der Waals surface area (Å²) < 4.78 is 15.0. The van der Waals surface area contributed by atoms with Crippen LogP contribution in [0.15, 0.2) is 91.5 Å². The minimum absolute atomic E-state index is 0.271. The molecule has 0 aromatic heterocycles. The molecule has 4 aromatic rings. The van der Waals surface area contributed by atoms with Crippen molar-refractivity contribution < 1.29 is 4.39 Å². The zero-order valence-corrected chi connectivity index (χ0v) is 19.5.